The molecule has 0 aromatic heterocycles. The van der Waals surface area contributed by atoms with Gasteiger partial charge in [0.2, 0.25) is 5.91 Å². The Bertz CT molecular complexity index is 458. The van der Waals surface area contributed by atoms with Gasteiger partial charge < -0.3 is 5.73 Å². The molecule has 0 heterocycles. The Hall–Kier alpha value is -1.11. The molecule has 1 rings (SSSR count). The van der Waals surface area contributed by atoms with E-state index in [1.165, 1.54) is 24.3 Å². The lowest BCUT2D eigenvalue weighted by Gasteiger charge is -2.04. The van der Waals surface area contributed by atoms with Crippen LogP contribution in [0.5, 0.6) is 0 Å². The summed E-state index contributed by atoms with van der Waals surface area (Å²) in [6.07, 6.45) is 0. The quantitative estimate of drug-likeness (QED) is 0.733. The van der Waals surface area contributed by atoms with Crippen molar-refractivity contribution < 1.29 is 13.2 Å². The summed E-state index contributed by atoms with van der Waals surface area (Å²) in [6.45, 7) is 0. The van der Waals surface area contributed by atoms with Gasteiger partial charge in [0.1, 0.15) is 0 Å². The first-order valence-corrected chi connectivity index (χ1v) is 5.36. The number of halogens is 1. The smallest absolute Gasteiger partial charge is 0.254 e. The summed E-state index contributed by atoms with van der Waals surface area (Å²) in [4.78, 5) is 10.6. The van der Waals surface area contributed by atoms with Gasteiger partial charge in [-0.1, -0.05) is 12.1 Å². The van der Waals surface area contributed by atoms with E-state index in [9.17, 15) is 13.2 Å². The molecule has 0 saturated heterocycles. The fourth-order valence-electron chi connectivity index (χ4n) is 0.946. The molecule has 0 fully saturated rings. The number of sulfonamides is 1. The molecule has 1 aromatic rings. The van der Waals surface area contributed by atoms with Crippen LogP contribution in [-0.4, -0.2) is 14.3 Å². The van der Waals surface area contributed by atoms with Crippen LogP contribution in [0.3, 0.4) is 0 Å². The summed E-state index contributed by atoms with van der Waals surface area (Å²) >= 11 is 5.01. The lowest BCUT2D eigenvalue weighted by Crippen LogP contribution is -2.20. The molecule has 0 radical (unpaired) electrons. The van der Waals surface area contributed by atoms with E-state index in [4.69, 9.17) is 17.5 Å². The fraction of sp³-hybridized carbons (Fsp3) is 0. The number of amides is 1. The number of primary amides is 1. The Balaban J connectivity index is 3.42. The van der Waals surface area contributed by atoms with Crippen molar-refractivity contribution in [2.75, 3.05) is 0 Å². The highest BCUT2D eigenvalue weighted by molar-refractivity contribution is 7.90. The number of hydrogen-bond acceptors (Lipinski definition) is 3. The van der Waals surface area contributed by atoms with Gasteiger partial charge in [0, 0.05) is 0 Å². The third-order valence-electron chi connectivity index (χ3n) is 1.54. The highest BCUT2D eigenvalue weighted by atomic mass is 35.5. The second-order valence-electron chi connectivity index (χ2n) is 2.44. The summed E-state index contributed by atoms with van der Waals surface area (Å²) in [5.74, 6) is -0.823. The largest absolute Gasteiger partial charge is 0.366 e. The van der Waals surface area contributed by atoms with Gasteiger partial charge in [0.15, 0.2) is 0 Å². The standard InChI is InChI=1S/C7H7ClN2O3S/c8-10-14(12,13)6-4-2-1-3-5(6)7(9)11/h1-4,10H,(H2,9,11). The Labute approximate surface area is 86.0 Å². The Morgan fingerprint density at radius 1 is 1.36 bits per heavy atom. The molecule has 5 nitrogen and oxygen atoms in total. The number of hydrogen-bond donors (Lipinski definition) is 2. The highest BCUT2D eigenvalue weighted by Gasteiger charge is 2.19. The van der Waals surface area contributed by atoms with Gasteiger partial charge in [-0.15, -0.1) is 4.24 Å². The first-order chi connectivity index (χ1) is 6.49. The zero-order chi connectivity index (χ0) is 10.8. The molecule has 1 aromatic carbocycles. The van der Waals surface area contributed by atoms with Crippen molar-refractivity contribution in [3.05, 3.63) is 29.8 Å². The average molecular weight is 235 g/mol. The Kier molecular flexibility index (Phi) is 3.10. The van der Waals surface area contributed by atoms with Crippen LogP contribution >= 0.6 is 11.8 Å². The van der Waals surface area contributed by atoms with Crippen molar-refractivity contribution in [3.63, 3.8) is 0 Å². The fourth-order valence-corrected chi connectivity index (χ4v) is 1.99. The van der Waals surface area contributed by atoms with Gasteiger partial charge in [-0.2, -0.15) is 0 Å². The minimum absolute atomic E-state index is 0.0966. The van der Waals surface area contributed by atoms with Crippen LogP contribution in [0.4, 0.5) is 0 Å². The zero-order valence-corrected chi connectivity index (χ0v) is 8.47. The molecule has 0 bridgehead atoms. The van der Waals surface area contributed by atoms with Crippen LogP contribution in [0.1, 0.15) is 10.4 Å². The normalized spacial score (nSPS) is 11.2. The molecule has 0 saturated carbocycles. The summed E-state index contributed by atoms with van der Waals surface area (Å²) in [5, 5.41) is 0. The van der Waals surface area contributed by atoms with Crippen LogP contribution in [0, 0.1) is 0 Å². The number of nitrogens with one attached hydrogen (secondary N) is 1. The van der Waals surface area contributed by atoms with E-state index in [0.29, 0.717) is 0 Å². The lowest BCUT2D eigenvalue weighted by atomic mass is 10.2. The lowest BCUT2D eigenvalue weighted by molar-refractivity contribution is 0.0997. The Morgan fingerprint density at radius 2 is 1.93 bits per heavy atom. The predicted molar refractivity (Wildman–Crippen MR) is 51.1 cm³/mol. The molecule has 0 aliphatic carbocycles. The van der Waals surface area contributed by atoms with Crippen molar-refractivity contribution in [3.8, 4) is 0 Å². The molecule has 0 aliphatic rings. The molecule has 7 heteroatoms. The average Bonchev–Trinajstić information content (AvgIpc) is 2.18. The van der Waals surface area contributed by atoms with Crippen LogP contribution < -0.4 is 9.97 Å². The molecule has 76 valence electrons. The molecular weight excluding hydrogens is 228 g/mol. The second-order valence-corrected chi connectivity index (χ2v) is 4.50. The summed E-state index contributed by atoms with van der Waals surface area (Å²) in [6, 6.07) is 5.52. The van der Waals surface area contributed by atoms with Gasteiger partial charge in [-0.05, 0) is 23.9 Å². The number of nitrogens with two attached hydrogens (primary N) is 1. The first kappa shape index (κ1) is 11.0. The SMILES string of the molecule is NC(=O)c1ccccc1S(=O)(=O)NCl. The van der Waals surface area contributed by atoms with E-state index in [2.05, 4.69) is 0 Å². The predicted octanol–water partition coefficient (Wildman–Crippen LogP) is 0.218. The van der Waals surface area contributed by atoms with E-state index < -0.39 is 15.9 Å². The molecular formula is C7H7ClN2O3S. The molecule has 3 N–H and O–H groups in total. The minimum Gasteiger partial charge on any atom is -0.366 e. The van der Waals surface area contributed by atoms with Gasteiger partial charge in [0.05, 0.1) is 10.5 Å². The van der Waals surface area contributed by atoms with Gasteiger partial charge in [0.25, 0.3) is 10.0 Å². The number of carbonyl (C=O) groups excluding carboxylic acids is 1. The summed E-state index contributed by atoms with van der Waals surface area (Å²) in [5.41, 5.74) is 4.90. The van der Waals surface area contributed by atoms with Gasteiger partial charge in [-0.25, -0.2) is 8.42 Å². The van der Waals surface area contributed by atoms with Crippen LogP contribution in [0.25, 0.3) is 0 Å². The highest BCUT2D eigenvalue weighted by Crippen LogP contribution is 2.14. The number of carbonyl (C=O) groups is 1. The first-order valence-electron chi connectivity index (χ1n) is 3.50. The maximum absolute atomic E-state index is 11.3. The van der Waals surface area contributed by atoms with Crippen LogP contribution in [-0.2, 0) is 10.0 Å². The van der Waals surface area contributed by atoms with E-state index in [1.807, 2.05) is 0 Å². The van der Waals surface area contributed by atoms with Crippen molar-refractivity contribution in [1.29, 1.82) is 0 Å². The third-order valence-corrected chi connectivity index (χ3v) is 3.29. The van der Waals surface area contributed by atoms with E-state index >= 15 is 0 Å². The number of rotatable bonds is 3. The monoisotopic (exact) mass is 234 g/mol. The topological polar surface area (TPSA) is 89.3 Å². The van der Waals surface area contributed by atoms with Crippen molar-refractivity contribution in [2.45, 2.75) is 4.90 Å². The van der Waals surface area contributed by atoms with Crippen LogP contribution in [0.15, 0.2) is 29.2 Å². The van der Waals surface area contributed by atoms with Gasteiger partial charge in [-0.3, -0.25) is 4.79 Å². The maximum Gasteiger partial charge on any atom is 0.254 e. The van der Waals surface area contributed by atoms with Crippen LogP contribution in [0.2, 0.25) is 0 Å². The third kappa shape index (κ3) is 2.03. The molecule has 0 unspecified atom stereocenters. The van der Waals surface area contributed by atoms with E-state index in [-0.39, 0.29) is 10.5 Å². The van der Waals surface area contributed by atoms with E-state index in [1.54, 1.807) is 4.24 Å². The van der Waals surface area contributed by atoms with E-state index in [0.717, 1.165) is 0 Å². The summed E-state index contributed by atoms with van der Waals surface area (Å²) in [7, 11) is -3.86. The van der Waals surface area contributed by atoms with Gasteiger partial charge >= 0.3 is 0 Å². The van der Waals surface area contributed by atoms with Crippen molar-refractivity contribution in [2.24, 2.45) is 5.73 Å². The molecule has 0 atom stereocenters. The maximum atomic E-state index is 11.3. The number of benzene rings is 1. The summed E-state index contributed by atoms with van der Waals surface area (Å²) < 4.78 is 24.1. The molecule has 1 amide bonds. The minimum atomic E-state index is -3.86. The molecule has 14 heavy (non-hydrogen) atoms. The molecule has 0 aliphatic heterocycles. The molecule has 0 spiro atoms. The van der Waals surface area contributed by atoms with Crippen molar-refractivity contribution >= 4 is 27.7 Å². The Morgan fingerprint density at radius 3 is 2.43 bits per heavy atom. The van der Waals surface area contributed by atoms with Crippen molar-refractivity contribution in [1.82, 2.24) is 4.24 Å². The zero-order valence-electron chi connectivity index (χ0n) is 6.90. The second kappa shape index (κ2) is 3.95.